The van der Waals surface area contributed by atoms with Crippen LogP contribution in [0.3, 0.4) is 0 Å². The Bertz CT molecular complexity index is 920. The zero-order valence-electron chi connectivity index (χ0n) is 16.2. The van der Waals surface area contributed by atoms with Crippen LogP contribution in [0.25, 0.3) is 6.08 Å². The maximum Gasteiger partial charge on any atom is 0.354 e. The van der Waals surface area contributed by atoms with Gasteiger partial charge in [-0.2, -0.15) is 0 Å². The van der Waals surface area contributed by atoms with Gasteiger partial charge in [-0.25, -0.2) is 9.29 Å². The summed E-state index contributed by atoms with van der Waals surface area (Å²) in [4.78, 5) is 26.3. The summed E-state index contributed by atoms with van der Waals surface area (Å²) in [6, 6.07) is 2.32. The number of hydrogen-bond acceptors (Lipinski definition) is 5. The maximum absolute atomic E-state index is 14.6. The van der Waals surface area contributed by atoms with Crippen molar-refractivity contribution in [2.75, 3.05) is 18.1 Å². The van der Waals surface area contributed by atoms with Gasteiger partial charge in [-0.3, -0.25) is 14.2 Å². The largest absolute Gasteiger partial charge is 0.354 e. The van der Waals surface area contributed by atoms with E-state index in [1.54, 1.807) is 13.8 Å². The van der Waals surface area contributed by atoms with Crippen LogP contribution in [0.1, 0.15) is 45.1 Å². The number of carbonyl (C=O) groups excluding carboxylic acids is 2. The topological polar surface area (TPSA) is 72.9 Å². The molecule has 9 heteroatoms. The predicted molar refractivity (Wildman–Crippen MR) is 109 cm³/mol. The summed E-state index contributed by atoms with van der Waals surface area (Å²) in [6.45, 7) is 3.72. The van der Waals surface area contributed by atoms with Crippen molar-refractivity contribution in [2.24, 2.45) is 0 Å². The Kier molecular flexibility index (Phi) is 6.74. The first-order chi connectivity index (χ1) is 13.8. The zero-order valence-corrected chi connectivity index (χ0v) is 17.9. The first-order valence-electron chi connectivity index (χ1n) is 9.49. The number of hydrogen-bond donors (Lipinski definition) is 0. The van der Waals surface area contributed by atoms with Gasteiger partial charge < -0.3 is 9.05 Å². The molecule has 1 aromatic rings. The fourth-order valence-electron chi connectivity index (χ4n) is 3.47. The van der Waals surface area contributed by atoms with Crippen molar-refractivity contribution in [3.63, 3.8) is 0 Å². The van der Waals surface area contributed by atoms with Crippen molar-refractivity contribution < 1.29 is 27.6 Å². The van der Waals surface area contributed by atoms with Crippen LogP contribution in [0.5, 0.6) is 0 Å². The van der Waals surface area contributed by atoms with Gasteiger partial charge in [-0.05, 0) is 63.3 Å². The second-order valence-electron chi connectivity index (χ2n) is 6.63. The van der Waals surface area contributed by atoms with Crippen molar-refractivity contribution in [2.45, 2.75) is 39.5 Å². The van der Waals surface area contributed by atoms with Gasteiger partial charge in [0.2, 0.25) is 0 Å². The summed E-state index contributed by atoms with van der Waals surface area (Å²) in [7, 11) is -3.49. The lowest BCUT2D eigenvalue weighted by Crippen LogP contribution is -2.32. The molecule has 0 unspecified atom stereocenters. The molecule has 0 spiro atoms. The summed E-state index contributed by atoms with van der Waals surface area (Å²) in [6.07, 6.45) is 4.07. The number of rotatable bonds is 7. The minimum atomic E-state index is -3.49. The van der Waals surface area contributed by atoms with E-state index in [2.05, 4.69) is 0 Å². The average molecular weight is 442 g/mol. The minimum absolute atomic E-state index is 0.0406. The van der Waals surface area contributed by atoms with E-state index in [1.807, 2.05) is 0 Å². The number of halogens is 2. The maximum atomic E-state index is 14.6. The van der Waals surface area contributed by atoms with E-state index >= 15 is 0 Å². The quantitative estimate of drug-likeness (QED) is 0.415. The summed E-state index contributed by atoms with van der Waals surface area (Å²) in [5.74, 6) is -0.531. The first kappa shape index (κ1) is 21.9. The van der Waals surface area contributed by atoms with Gasteiger partial charge in [0, 0.05) is 17.0 Å². The van der Waals surface area contributed by atoms with Crippen LogP contribution in [0.15, 0.2) is 29.1 Å². The van der Waals surface area contributed by atoms with Crippen molar-refractivity contribution >= 4 is 42.8 Å². The molecule has 156 valence electrons. The second-order valence-corrected chi connectivity index (χ2v) is 8.93. The van der Waals surface area contributed by atoms with Gasteiger partial charge in [-0.15, -0.1) is 0 Å². The Morgan fingerprint density at radius 2 is 1.66 bits per heavy atom. The summed E-state index contributed by atoms with van der Waals surface area (Å²) < 4.78 is 37.6. The standard InChI is InChI=1S/C20H22ClFNO5P/c1-3-27-29(26,28-4-2)10-9-13-11-18(17(22)12-16(13)21)23-19(24)14-7-5-6-8-15(14)20(23)25/h9-12H,3-8H2,1-2H3. The lowest BCUT2D eigenvalue weighted by atomic mass is 9.93. The molecule has 1 aromatic carbocycles. The Morgan fingerprint density at radius 1 is 1.10 bits per heavy atom. The van der Waals surface area contributed by atoms with Crippen LogP contribution in [0.2, 0.25) is 5.02 Å². The third kappa shape index (κ3) is 4.38. The molecule has 0 saturated carbocycles. The van der Waals surface area contributed by atoms with Crippen LogP contribution in [-0.4, -0.2) is 25.0 Å². The summed E-state index contributed by atoms with van der Waals surface area (Å²) in [5, 5.41) is 0.0406. The fraction of sp³-hybridized carbons (Fsp3) is 0.400. The molecular weight excluding hydrogens is 420 g/mol. The molecular formula is C20H22ClFNO5P. The molecule has 0 bridgehead atoms. The third-order valence-corrected chi connectivity index (χ3v) is 6.83. The number of nitrogens with zero attached hydrogens (tertiary/aromatic N) is 1. The number of benzene rings is 1. The lowest BCUT2D eigenvalue weighted by Gasteiger charge is -2.17. The fourth-order valence-corrected chi connectivity index (χ4v) is 4.99. The van der Waals surface area contributed by atoms with E-state index < -0.39 is 25.2 Å². The molecule has 0 N–H and O–H groups in total. The Morgan fingerprint density at radius 3 is 2.17 bits per heavy atom. The monoisotopic (exact) mass is 441 g/mol. The van der Waals surface area contributed by atoms with Gasteiger partial charge in [-0.1, -0.05) is 11.6 Å². The molecule has 0 aromatic heterocycles. The van der Waals surface area contributed by atoms with E-state index in [0.29, 0.717) is 24.0 Å². The normalized spacial score (nSPS) is 17.6. The molecule has 0 atom stereocenters. The Hall–Kier alpha value is -1.79. The van der Waals surface area contributed by atoms with Crippen LogP contribution in [0.4, 0.5) is 10.1 Å². The van der Waals surface area contributed by atoms with E-state index in [0.717, 1.165) is 23.8 Å². The van der Waals surface area contributed by atoms with Crippen LogP contribution >= 0.6 is 19.2 Å². The highest BCUT2D eigenvalue weighted by Gasteiger charge is 2.40. The molecule has 0 fully saturated rings. The van der Waals surface area contributed by atoms with Crippen molar-refractivity contribution in [3.8, 4) is 0 Å². The van der Waals surface area contributed by atoms with Gasteiger partial charge in [0.1, 0.15) is 5.82 Å². The van der Waals surface area contributed by atoms with Crippen LogP contribution in [-0.2, 0) is 23.2 Å². The molecule has 3 rings (SSSR count). The average Bonchev–Trinajstić information content (AvgIpc) is 2.93. The molecule has 0 saturated heterocycles. The Balaban J connectivity index is 1.97. The lowest BCUT2D eigenvalue weighted by molar-refractivity contribution is -0.120. The van der Waals surface area contributed by atoms with Gasteiger partial charge in [0.05, 0.1) is 23.9 Å². The zero-order chi connectivity index (χ0) is 21.2. The minimum Gasteiger partial charge on any atom is -0.306 e. The number of imide groups is 1. The molecule has 1 aliphatic carbocycles. The SMILES string of the molecule is CCOP(=O)(C=Cc1cc(N2C(=O)C3=C(CCCC3)C2=O)c(F)cc1Cl)OCC. The molecule has 6 nitrogen and oxygen atoms in total. The van der Waals surface area contributed by atoms with Crippen LogP contribution < -0.4 is 4.90 Å². The summed E-state index contributed by atoms with van der Waals surface area (Å²) >= 11 is 6.12. The van der Waals surface area contributed by atoms with Crippen molar-refractivity contribution in [3.05, 3.63) is 45.5 Å². The predicted octanol–water partition coefficient (Wildman–Crippen LogP) is 5.46. The smallest absolute Gasteiger partial charge is 0.306 e. The van der Waals surface area contributed by atoms with E-state index in [1.165, 1.54) is 18.0 Å². The first-order valence-corrected chi connectivity index (χ1v) is 11.5. The van der Waals surface area contributed by atoms with E-state index in [9.17, 15) is 18.5 Å². The molecule has 2 amide bonds. The second kappa shape index (κ2) is 8.92. The van der Waals surface area contributed by atoms with E-state index in [-0.39, 0.29) is 29.5 Å². The van der Waals surface area contributed by atoms with Gasteiger partial charge in [0.15, 0.2) is 0 Å². The highest BCUT2D eigenvalue weighted by molar-refractivity contribution is 7.57. The molecule has 1 heterocycles. The third-order valence-electron chi connectivity index (χ3n) is 4.75. The highest BCUT2D eigenvalue weighted by atomic mass is 35.5. The van der Waals surface area contributed by atoms with Crippen LogP contribution in [0, 0.1) is 5.82 Å². The van der Waals surface area contributed by atoms with Gasteiger partial charge in [0.25, 0.3) is 11.8 Å². The van der Waals surface area contributed by atoms with Crippen molar-refractivity contribution in [1.29, 1.82) is 0 Å². The number of anilines is 1. The Labute approximate surface area is 173 Å². The van der Waals surface area contributed by atoms with Gasteiger partial charge >= 0.3 is 7.60 Å². The number of carbonyl (C=O) groups is 2. The van der Waals surface area contributed by atoms with E-state index in [4.69, 9.17) is 20.6 Å². The summed E-state index contributed by atoms with van der Waals surface area (Å²) in [5.41, 5.74) is 1.03. The molecule has 29 heavy (non-hydrogen) atoms. The molecule has 2 aliphatic rings. The van der Waals surface area contributed by atoms with Crippen molar-refractivity contribution in [1.82, 2.24) is 0 Å². The molecule has 0 radical (unpaired) electrons. The number of amides is 2. The molecule has 1 aliphatic heterocycles. The highest BCUT2D eigenvalue weighted by Crippen LogP contribution is 2.50.